The second-order valence-corrected chi connectivity index (χ2v) is 9.49. The summed E-state index contributed by atoms with van der Waals surface area (Å²) in [7, 11) is 0. The maximum Gasteiger partial charge on any atom is 0.295 e. The summed E-state index contributed by atoms with van der Waals surface area (Å²) in [6.45, 7) is 5.83. The van der Waals surface area contributed by atoms with Crippen LogP contribution in [0, 0.1) is 0 Å². The molecule has 5 rings (SSSR count). The molecule has 1 fully saturated rings. The summed E-state index contributed by atoms with van der Waals surface area (Å²) in [6, 6.07) is 13.0. The quantitative estimate of drug-likeness (QED) is 0.164. The van der Waals surface area contributed by atoms with E-state index in [1.54, 1.807) is 54.9 Å². The number of ether oxygens (including phenoxy) is 4. The first-order valence-electron chi connectivity index (χ1n) is 13.5. The Morgan fingerprint density at radius 2 is 1.85 bits per heavy atom. The van der Waals surface area contributed by atoms with Crippen molar-refractivity contribution >= 4 is 17.4 Å². The SMILES string of the molecule is CCCCOc1ccc([C@H]2/C(=C(\O)c3ccc4c(c3)OCCO4)C(=O)C(=O)N2Cc2cccnc2)cc1OCC. The Labute approximate surface area is 233 Å². The average molecular weight is 545 g/mol. The van der Waals surface area contributed by atoms with Gasteiger partial charge in [-0.3, -0.25) is 14.6 Å². The first kappa shape index (κ1) is 27.1. The maximum atomic E-state index is 13.5. The summed E-state index contributed by atoms with van der Waals surface area (Å²) in [5.41, 5.74) is 1.68. The number of fused-ring (bicyclic) bond motifs is 1. The normalized spacial score (nSPS) is 17.6. The molecule has 1 saturated heterocycles. The topological polar surface area (TPSA) is 107 Å². The third kappa shape index (κ3) is 5.45. The predicted molar refractivity (Wildman–Crippen MR) is 148 cm³/mol. The molecule has 9 heteroatoms. The summed E-state index contributed by atoms with van der Waals surface area (Å²) in [6.07, 6.45) is 5.18. The third-order valence-electron chi connectivity index (χ3n) is 6.77. The molecular formula is C31H32N2O7. The lowest BCUT2D eigenvalue weighted by Gasteiger charge is -2.26. The van der Waals surface area contributed by atoms with Crippen LogP contribution in [0.1, 0.15) is 49.4 Å². The number of hydrogen-bond acceptors (Lipinski definition) is 8. The van der Waals surface area contributed by atoms with Gasteiger partial charge in [-0.05, 0) is 60.9 Å². The molecule has 0 aliphatic carbocycles. The number of carbonyl (C=O) groups excluding carboxylic acids is 2. The number of Topliss-reactive ketones (excluding diaryl/α,β-unsaturated/α-hetero) is 1. The summed E-state index contributed by atoms with van der Waals surface area (Å²) in [5, 5.41) is 11.5. The van der Waals surface area contributed by atoms with Crippen LogP contribution < -0.4 is 18.9 Å². The Kier molecular flexibility index (Phi) is 8.19. The van der Waals surface area contributed by atoms with Crippen molar-refractivity contribution in [2.45, 2.75) is 39.3 Å². The highest BCUT2D eigenvalue weighted by Gasteiger charge is 2.46. The summed E-state index contributed by atoms with van der Waals surface area (Å²) < 4.78 is 23.1. The minimum atomic E-state index is -0.877. The number of pyridine rings is 1. The van der Waals surface area contributed by atoms with E-state index in [0.717, 1.165) is 18.4 Å². The van der Waals surface area contributed by atoms with E-state index < -0.39 is 17.7 Å². The number of aliphatic hydroxyl groups is 1. The molecule has 0 unspecified atom stereocenters. The first-order chi connectivity index (χ1) is 19.5. The van der Waals surface area contributed by atoms with Gasteiger partial charge in [0.2, 0.25) is 0 Å². The number of aliphatic hydroxyl groups excluding tert-OH is 1. The highest BCUT2D eigenvalue weighted by molar-refractivity contribution is 6.46. The van der Waals surface area contributed by atoms with Crippen molar-refractivity contribution < 1.29 is 33.6 Å². The molecule has 1 aromatic heterocycles. The minimum absolute atomic E-state index is 0.0207. The van der Waals surface area contributed by atoms with Crippen LogP contribution in [0.2, 0.25) is 0 Å². The molecule has 0 spiro atoms. The number of carbonyl (C=O) groups is 2. The number of amides is 1. The fourth-order valence-corrected chi connectivity index (χ4v) is 4.83. The first-order valence-corrected chi connectivity index (χ1v) is 13.5. The van der Waals surface area contributed by atoms with Gasteiger partial charge < -0.3 is 29.0 Å². The molecule has 208 valence electrons. The van der Waals surface area contributed by atoms with E-state index in [9.17, 15) is 14.7 Å². The third-order valence-corrected chi connectivity index (χ3v) is 6.77. The lowest BCUT2D eigenvalue weighted by atomic mass is 9.94. The molecule has 40 heavy (non-hydrogen) atoms. The van der Waals surface area contributed by atoms with Gasteiger partial charge in [0.25, 0.3) is 11.7 Å². The molecule has 2 aromatic carbocycles. The lowest BCUT2D eigenvalue weighted by Crippen LogP contribution is -2.29. The zero-order chi connectivity index (χ0) is 28.1. The second kappa shape index (κ2) is 12.1. The molecule has 9 nitrogen and oxygen atoms in total. The van der Waals surface area contributed by atoms with Gasteiger partial charge in [-0.2, -0.15) is 0 Å². The van der Waals surface area contributed by atoms with Gasteiger partial charge in [0.15, 0.2) is 23.0 Å². The minimum Gasteiger partial charge on any atom is -0.507 e. The summed E-state index contributed by atoms with van der Waals surface area (Å²) in [5.74, 6) is 0.310. The molecule has 0 radical (unpaired) electrons. The number of likely N-dealkylation sites (tertiary alicyclic amines) is 1. The maximum absolute atomic E-state index is 13.5. The molecular weight excluding hydrogens is 512 g/mol. The van der Waals surface area contributed by atoms with Crippen molar-refractivity contribution in [1.82, 2.24) is 9.88 Å². The number of benzene rings is 2. The van der Waals surface area contributed by atoms with Crippen LogP contribution in [0.3, 0.4) is 0 Å². The van der Waals surface area contributed by atoms with E-state index in [1.165, 1.54) is 4.90 Å². The molecule has 1 amide bonds. The van der Waals surface area contributed by atoms with Crippen LogP contribution in [0.15, 0.2) is 66.5 Å². The number of nitrogens with zero attached hydrogens (tertiary/aromatic N) is 2. The summed E-state index contributed by atoms with van der Waals surface area (Å²) >= 11 is 0. The fraction of sp³-hybridized carbons (Fsp3) is 0.323. The van der Waals surface area contributed by atoms with E-state index in [1.807, 2.05) is 13.0 Å². The van der Waals surface area contributed by atoms with Crippen molar-refractivity contribution in [3.8, 4) is 23.0 Å². The van der Waals surface area contributed by atoms with Crippen LogP contribution in [-0.2, 0) is 16.1 Å². The molecule has 3 heterocycles. The van der Waals surface area contributed by atoms with Crippen molar-refractivity contribution in [3.63, 3.8) is 0 Å². The Bertz CT molecular complexity index is 1420. The van der Waals surface area contributed by atoms with E-state index in [2.05, 4.69) is 11.9 Å². The smallest absolute Gasteiger partial charge is 0.295 e. The van der Waals surface area contributed by atoms with Crippen LogP contribution in [0.25, 0.3) is 5.76 Å². The Morgan fingerprint density at radius 3 is 2.60 bits per heavy atom. The molecule has 2 aliphatic rings. The number of hydrogen-bond donors (Lipinski definition) is 1. The van der Waals surface area contributed by atoms with Crippen molar-refractivity contribution in [1.29, 1.82) is 0 Å². The van der Waals surface area contributed by atoms with E-state index in [-0.39, 0.29) is 17.9 Å². The van der Waals surface area contributed by atoms with Gasteiger partial charge >= 0.3 is 0 Å². The molecule has 2 aliphatic heterocycles. The van der Waals surface area contributed by atoms with Crippen molar-refractivity contribution in [2.75, 3.05) is 26.4 Å². The highest BCUT2D eigenvalue weighted by atomic mass is 16.6. The van der Waals surface area contributed by atoms with Crippen LogP contribution in [-0.4, -0.2) is 53.1 Å². The lowest BCUT2D eigenvalue weighted by molar-refractivity contribution is -0.140. The number of unbranched alkanes of at least 4 members (excludes halogenated alkanes) is 1. The fourth-order valence-electron chi connectivity index (χ4n) is 4.83. The Hall–Kier alpha value is -4.53. The van der Waals surface area contributed by atoms with Gasteiger partial charge in [-0.25, -0.2) is 0 Å². The van der Waals surface area contributed by atoms with Gasteiger partial charge in [0, 0.05) is 24.5 Å². The van der Waals surface area contributed by atoms with Crippen molar-refractivity contribution in [3.05, 3.63) is 83.2 Å². The molecule has 1 N–H and O–H groups in total. The van der Waals surface area contributed by atoms with E-state index in [0.29, 0.717) is 60.6 Å². The molecule has 0 saturated carbocycles. The van der Waals surface area contributed by atoms with E-state index in [4.69, 9.17) is 18.9 Å². The standard InChI is InChI=1S/C31H32N2O7/c1-3-5-13-38-23-10-8-21(16-25(23)37-4-2)28-27(29(34)22-9-11-24-26(17-22)40-15-14-39-24)30(35)31(36)33(28)19-20-7-6-12-32-18-20/h6-12,16-18,28,34H,3-5,13-15,19H2,1-2H3/b29-27+/t28-/m0/s1. The Balaban J connectivity index is 1.61. The monoisotopic (exact) mass is 544 g/mol. The van der Waals surface area contributed by atoms with Gasteiger partial charge in [0.05, 0.1) is 24.8 Å². The summed E-state index contributed by atoms with van der Waals surface area (Å²) in [4.78, 5) is 32.5. The predicted octanol–water partition coefficient (Wildman–Crippen LogP) is 5.05. The Morgan fingerprint density at radius 1 is 1.02 bits per heavy atom. The van der Waals surface area contributed by atoms with Crippen LogP contribution >= 0.6 is 0 Å². The van der Waals surface area contributed by atoms with Crippen LogP contribution in [0.4, 0.5) is 0 Å². The highest BCUT2D eigenvalue weighted by Crippen LogP contribution is 2.43. The second-order valence-electron chi connectivity index (χ2n) is 9.49. The number of ketones is 1. The van der Waals surface area contributed by atoms with Crippen LogP contribution in [0.5, 0.6) is 23.0 Å². The molecule has 0 bridgehead atoms. The molecule has 3 aromatic rings. The van der Waals surface area contributed by atoms with Gasteiger partial charge in [-0.15, -0.1) is 0 Å². The average Bonchev–Trinajstić information content (AvgIpc) is 3.23. The van der Waals surface area contributed by atoms with Crippen molar-refractivity contribution in [2.24, 2.45) is 0 Å². The number of rotatable bonds is 10. The number of aromatic nitrogens is 1. The van der Waals surface area contributed by atoms with Gasteiger partial charge in [-0.1, -0.05) is 25.5 Å². The zero-order valence-corrected chi connectivity index (χ0v) is 22.6. The molecule has 1 atom stereocenters. The largest absolute Gasteiger partial charge is 0.507 e. The van der Waals surface area contributed by atoms with E-state index >= 15 is 0 Å². The van der Waals surface area contributed by atoms with Gasteiger partial charge in [0.1, 0.15) is 19.0 Å². The zero-order valence-electron chi connectivity index (χ0n) is 22.6.